The molecule has 2 aliphatic rings. The van der Waals surface area contributed by atoms with Crippen molar-refractivity contribution in [1.29, 1.82) is 0 Å². The van der Waals surface area contributed by atoms with Gasteiger partial charge < -0.3 is 21.3 Å². The molecule has 0 spiro atoms. The number of benzene rings is 1. The van der Waals surface area contributed by atoms with Gasteiger partial charge in [-0.3, -0.25) is 4.79 Å². The van der Waals surface area contributed by atoms with Crippen LogP contribution in [0.2, 0.25) is 5.02 Å². The number of anilines is 2. The number of hydrogen-bond donors (Lipinski definition) is 2. The molecule has 0 atom stereocenters. The first-order valence-electron chi connectivity index (χ1n) is 7.42. The molecule has 0 bridgehead atoms. The summed E-state index contributed by atoms with van der Waals surface area (Å²) in [5, 5.41) is 0.621. The highest BCUT2D eigenvalue weighted by atomic mass is 35.5. The smallest absolute Gasteiger partial charge is 0.225 e. The second-order valence-electron chi connectivity index (χ2n) is 5.78. The molecule has 3 rings (SSSR count). The predicted molar refractivity (Wildman–Crippen MR) is 85.3 cm³/mol. The molecule has 1 amide bonds. The van der Waals surface area contributed by atoms with Crippen LogP contribution in [0.1, 0.15) is 18.4 Å². The molecule has 1 aromatic carbocycles. The molecule has 1 saturated heterocycles. The molecule has 6 heteroatoms. The second kappa shape index (κ2) is 5.73. The Morgan fingerprint density at radius 1 is 1.24 bits per heavy atom. The number of carbonyl (C=O) groups is 1. The molecule has 114 valence electrons. The molecule has 1 aliphatic carbocycles. The molecule has 1 aromatic rings. The first-order valence-corrected chi connectivity index (χ1v) is 7.79. The SMILES string of the molecule is NCc1c(N)cc(Cl)cc1N1CCN(C(=O)C2CC2)CC1. The van der Waals surface area contributed by atoms with E-state index in [1.807, 2.05) is 11.0 Å². The normalized spacial score (nSPS) is 19.0. The first kappa shape index (κ1) is 14.5. The Balaban J connectivity index is 1.73. The van der Waals surface area contributed by atoms with E-state index in [2.05, 4.69) is 4.90 Å². The van der Waals surface area contributed by atoms with Gasteiger partial charge in [0.25, 0.3) is 0 Å². The molecule has 1 heterocycles. The first-order chi connectivity index (χ1) is 10.1. The van der Waals surface area contributed by atoms with Crippen molar-refractivity contribution >= 4 is 28.9 Å². The summed E-state index contributed by atoms with van der Waals surface area (Å²) >= 11 is 6.12. The molecule has 0 unspecified atom stereocenters. The van der Waals surface area contributed by atoms with Gasteiger partial charge in [-0.25, -0.2) is 0 Å². The van der Waals surface area contributed by atoms with Crippen LogP contribution in [0.4, 0.5) is 11.4 Å². The van der Waals surface area contributed by atoms with Gasteiger partial charge in [-0.1, -0.05) is 11.6 Å². The Labute approximate surface area is 129 Å². The molecule has 21 heavy (non-hydrogen) atoms. The van der Waals surface area contributed by atoms with Gasteiger partial charge in [0.1, 0.15) is 0 Å². The maximum absolute atomic E-state index is 12.1. The third-order valence-corrected chi connectivity index (χ3v) is 4.51. The minimum atomic E-state index is 0.290. The fraction of sp³-hybridized carbons (Fsp3) is 0.533. The van der Waals surface area contributed by atoms with Crippen LogP contribution in [-0.2, 0) is 11.3 Å². The topological polar surface area (TPSA) is 75.6 Å². The number of rotatable bonds is 3. The fourth-order valence-corrected chi connectivity index (χ4v) is 3.12. The zero-order valence-corrected chi connectivity index (χ0v) is 12.8. The van der Waals surface area contributed by atoms with E-state index in [1.165, 1.54) is 0 Å². The molecule has 1 saturated carbocycles. The third-order valence-electron chi connectivity index (χ3n) is 4.29. The van der Waals surface area contributed by atoms with Crippen molar-refractivity contribution in [2.75, 3.05) is 36.8 Å². The monoisotopic (exact) mass is 308 g/mol. The summed E-state index contributed by atoms with van der Waals surface area (Å²) in [6.07, 6.45) is 2.11. The molecule has 5 nitrogen and oxygen atoms in total. The van der Waals surface area contributed by atoms with Crippen molar-refractivity contribution in [3.63, 3.8) is 0 Å². The number of nitrogens with zero attached hydrogens (tertiary/aromatic N) is 2. The van der Waals surface area contributed by atoms with E-state index < -0.39 is 0 Å². The molecule has 2 fully saturated rings. The minimum Gasteiger partial charge on any atom is -0.398 e. The van der Waals surface area contributed by atoms with Crippen molar-refractivity contribution in [2.24, 2.45) is 11.7 Å². The van der Waals surface area contributed by atoms with Gasteiger partial charge in [0, 0.05) is 60.6 Å². The zero-order chi connectivity index (χ0) is 15.0. The summed E-state index contributed by atoms with van der Waals surface area (Å²) in [5.41, 5.74) is 14.4. The van der Waals surface area contributed by atoms with Gasteiger partial charge in [-0.05, 0) is 25.0 Å². The summed E-state index contributed by atoms with van der Waals surface area (Å²) in [7, 11) is 0. The number of carbonyl (C=O) groups excluding carboxylic acids is 1. The predicted octanol–water partition coefficient (Wildman–Crippen LogP) is 1.44. The number of piperazine rings is 1. The van der Waals surface area contributed by atoms with Crippen molar-refractivity contribution < 1.29 is 4.79 Å². The Bertz CT molecular complexity index is 551. The van der Waals surface area contributed by atoms with Crippen LogP contribution in [0.5, 0.6) is 0 Å². The lowest BCUT2D eigenvalue weighted by Gasteiger charge is -2.37. The summed E-state index contributed by atoms with van der Waals surface area (Å²) in [6.45, 7) is 3.49. The average Bonchev–Trinajstić information content (AvgIpc) is 3.30. The number of amides is 1. The van der Waals surface area contributed by atoms with Gasteiger partial charge in [0.05, 0.1) is 0 Å². The largest absolute Gasteiger partial charge is 0.398 e. The minimum absolute atomic E-state index is 0.290. The molecule has 0 radical (unpaired) electrons. The van der Waals surface area contributed by atoms with Gasteiger partial charge >= 0.3 is 0 Å². The number of nitrogens with two attached hydrogens (primary N) is 2. The van der Waals surface area contributed by atoms with Crippen molar-refractivity contribution in [3.05, 3.63) is 22.7 Å². The van der Waals surface area contributed by atoms with Gasteiger partial charge in [-0.2, -0.15) is 0 Å². The maximum atomic E-state index is 12.1. The molecule has 1 aliphatic heterocycles. The fourth-order valence-electron chi connectivity index (χ4n) is 2.90. The Morgan fingerprint density at radius 2 is 1.90 bits per heavy atom. The number of nitrogen functional groups attached to an aromatic ring is 1. The van der Waals surface area contributed by atoms with Gasteiger partial charge in [0.15, 0.2) is 0 Å². The molecule has 0 aromatic heterocycles. The van der Waals surface area contributed by atoms with Crippen LogP contribution in [-0.4, -0.2) is 37.0 Å². The Hall–Kier alpha value is -1.46. The van der Waals surface area contributed by atoms with E-state index >= 15 is 0 Å². The average molecular weight is 309 g/mol. The number of halogens is 1. The van der Waals surface area contributed by atoms with E-state index in [0.717, 1.165) is 50.3 Å². The maximum Gasteiger partial charge on any atom is 0.225 e. The van der Waals surface area contributed by atoms with Crippen LogP contribution < -0.4 is 16.4 Å². The third kappa shape index (κ3) is 2.94. The lowest BCUT2D eigenvalue weighted by molar-refractivity contribution is -0.132. The van der Waals surface area contributed by atoms with Crippen LogP contribution in [0.3, 0.4) is 0 Å². The summed E-state index contributed by atoms with van der Waals surface area (Å²) in [6, 6.07) is 3.65. The van der Waals surface area contributed by atoms with E-state index in [4.69, 9.17) is 23.1 Å². The molecular formula is C15H21ClN4O. The standard InChI is InChI=1S/C15H21ClN4O/c16-11-7-13(18)12(9-17)14(8-11)19-3-5-20(6-4-19)15(21)10-1-2-10/h7-8,10H,1-6,9,17-18H2. The van der Waals surface area contributed by atoms with Crippen LogP contribution in [0.25, 0.3) is 0 Å². The van der Waals surface area contributed by atoms with Crippen molar-refractivity contribution in [1.82, 2.24) is 4.90 Å². The van der Waals surface area contributed by atoms with E-state index in [0.29, 0.717) is 23.2 Å². The Morgan fingerprint density at radius 3 is 2.48 bits per heavy atom. The van der Waals surface area contributed by atoms with Crippen LogP contribution in [0, 0.1) is 5.92 Å². The second-order valence-corrected chi connectivity index (χ2v) is 6.22. The summed E-state index contributed by atoms with van der Waals surface area (Å²) < 4.78 is 0. The lowest BCUT2D eigenvalue weighted by atomic mass is 10.1. The molecular weight excluding hydrogens is 288 g/mol. The van der Waals surface area contributed by atoms with Gasteiger partial charge in [-0.15, -0.1) is 0 Å². The summed E-state index contributed by atoms with van der Waals surface area (Å²) in [5.74, 6) is 0.609. The van der Waals surface area contributed by atoms with Crippen molar-refractivity contribution in [2.45, 2.75) is 19.4 Å². The highest BCUT2D eigenvalue weighted by Crippen LogP contribution is 2.33. The van der Waals surface area contributed by atoms with E-state index in [1.54, 1.807) is 6.07 Å². The molecule has 4 N–H and O–H groups in total. The van der Waals surface area contributed by atoms with Gasteiger partial charge in [0.2, 0.25) is 5.91 Å². The van der Waals surface area contributed by atoms with E-state index in [9.17, 15) is 4.79 Å². The van der Waals surface area contributed by atoms with E-state index in [-0.39, 0.29) is 5.92 Å². The van der Waals surface area contributed by atoms with Crippen LogP contribution in [0.15, 0.2) is 12.1 Å². The lowest BCUT2D eigenvalue weighted by Crippen LogP contribution is -2.49. The number of hydrogen-bond acceptors (Lipinski definition) is 4. The Kier molecular flexibility index (Phi) is 3.95. The highest BCUT2D eigenvalue weighted by molar-refractivity contribution is 6.31. The highest BCUT2D eigenvalue weighted by Gasteiger charge is 2.34. The summed E-state index contributed by atoms with van der Waals surface area (Å²) in [4.78, 5) is 16.3. The quantitative estimate of drug-likeness (QED) is 0.829. The zero-order valence-electron chi connectivity index (χ0n) is 12.0. The van der Waals surface area contributed by atoms with Crippen molar-refractivity contribution in [3.8, 4) is 0 Å². The van der Waals surface area contributed by atoms with Crippen LogP contribution >= 0.6 is 11.6 Å².